The van der Waals surface area contributed by atoms with E-state index in [1.807, 2.05) is 13.0 Å². The van der Waals surface area contributed by atoms with Crippen molar-refractivity contribution in [3.8, 4) is 0 Å². The Morgan fingerprint density at radius 2 is 1.79 bits per heavy atom. The third-order valence-corrected chi connectivity index (χ3v) is 4.51. The Morgan fingerprint density at radius 3 is 2.14 bits per heavy atom. The first kappa shape index (κ1) is 11.2. The quantitative estimate of drug-likeness (QED) is 0.537. The molecule has 0 aliphatic rings. The van der Waals surface area contributed by atoms with E-state index >= 15 is 0 Å². The van der Waals surface area contributed by atoms with Gasteiger partial charge in [0.15, 0.2) is 5.78 Å². The molecule has 2 heteroatoms. The van der Waals surface area contributed by atoms with Gasteiger partial charge in [-0.1, -0.05) is 43.0 Å². The van der Waals surface area contributed by atoms with Crippen LogP contribution in [0.1, 0.15) is 22.8 Å². The first-order valence-electron chi connectivity index (χ1n) is 4.94. The van der Waals surface area contributed by atoms with Crippen molar-refractivity contribution < 1.29 is 4.79 Å². The maximum atomic E-state index is 11.2. The topological polar surface area (TPSA) is 17.1 Å². The summed E-state index contributed by atoms with van der Waals surface area (Å²) in [4.78, 5) is 11.2. The van der Waals surface area contributed by atoms with E-state index in [0.29, 0.717) is 0 Å². The monoisotopic (exact) mass is 206 g/mol. The number of Topliss-reactive ketones (excluding diaryl/α,β-unsaturated/α-hetero) is 1. The molecule has 0 saturated heterocycles. The largest absolute Gasteiger partial charge is 0.295 e. The van der Waals surface area contributed by atoms with Crippen LogP contribution in [0.25, 0.3) is 0 Å². The third kappa shape index (κ3) is 2.32. The zero-order valence-electron chi connectivity index (χ0n) is 9.64. The van der Waals surface area contributed by atoms with E-state index in [1.165, 1.54) is 5.19 Å². The van der Waals surface area contributed by atoms with Gasteiger partial charge in [-0.3, -0.25) is 4.79 Å². The van der Waals surface area contributed by atoms with Gasteiger partial charge in [0, 0.05) is 5.56 Å². The summed E-state index contributed by atoms with van der Waals surface area (Å²) >= 11 is 0. The van der Waals surface area contributed by atoms with Crippen LogP contribution >= 0.6 is 0 Å². The molecule has 0 bridgehead atoms. The van der Waals surface area contributed by atoms with Gasteiger partial charge in [0.25, 0.3) is 0 Å². The molecule has 0 spiro atoms. The number of aryl methyl sites for hydroxylation is 1. The Kier molecular flexibility index (Phi) is 2.95. The predicted molar refractivity (Wildman–Crippen MR) is 64.2 cm³/mol. The number of carbonyl (C=O) groups is 1. The van der Waals surface area contributed by atoms with Crippen LogP contribution in [0, 0.1) is 6.92 Å². The molecule has 0 aromatic heterocycles. The lowest BCUT2D eigenvalue weighted by molar-refractivity contribution is 0.101. The predicted octanol–water partition coefficient (Wildman–Crippen LogP) is 2.74. The molecule has 0 aliphatic heterocycles. The van der Waals surface area contributed by atoms with E-state index in [-0.39, 0.29) is 5.78 Å². The molecule has 1 aromatic carbocycles. The molecule has 0 saturated carbocycles. The summed E-state index contributed by atoms with van der Waals surface area (Å²) in [7, 11) is -1.23. The van der Waals surface area contributed by atoms with Crippen molar-refractivity contribution in [3.05, 3.63) is 29.3 Å². The highest BCUT2D eigenvalue weighted by Crippen LogP contribution is 2.10. The van der Waals surface area contributed by atoms with Crippen molar-refractivity contribution in [1.29, 1.82) is 0 Å². The van der Waals surface area contributed by atoms with Crippen LogP contribution in [-0.4, -0.2) is 13.9 Å². The number of ketones is 1. The van der Waals surface area contributed by atoms with Crippen molar-refractivity contribution in [3.63, 3.8) is 0 Å². The summed E-state index contributed by atoms with van der Waals surface area (Å²) in [6.45, 7) is 10.6. The molecular weight excluding hydrogens is 188 g/mol. The van der Waals surface area contributed by atoms with Gasteiger partial charge in [-0.05, 0) is 19.4 Å². The lowest BCUT2D eigenvalue weighted by atomic mass is 10.1. The zero-order valence-corrected chi connectivity index (χ0v) is 10.6. The summed E-state index contributed by atoms with van der Waals surface area (Å²) in [6.07, 6.45) is 0. The van der Waals surface area contributed by atoms with E-state index < -0.39 is 8.07 Å². The number of hydrogen-bond acceptors (Lipinski definition) is 1. The Hall–Kier alpha value is -0.893. The van der Waals surface area contributed by atoms with Gasteiger partial charge >= 0.3 is 0 Å². The van der Waals surface area contributed by atoms with Gasteiger partial charge in [0.05, 0.1) is 8.07 Å². The van der Waals surface area contributed by atoms with E-state index in [0.717, 1.165) is 11.1 Å². The fraction of sp³-hybridized carbons (Fsp3) is 0.417. The summed E-state index contributed by atoms with van der Waals surface area (Å²) in [5, 5.41) is 1.42. The van der Waals surface area contributed by atoms with Crippen LogP contribution in [-0.2, 0) is 0 Å². The highest BCUT2D eigenvalue weighted by molar-refractivity contribution is 6.88. The van der Waals surface area contributed by atoms with E-state index in [9.17, 15) is 4.79 Å². The Bertz CT molecular complexity index is 361. The highest BCUT2D eigenvalue weighted by Gasteiger charge is 2.17. The molecule has 0 radical (unpaired) electrons. The second-order valence-corrected chi connectivity index (χ2v) is 9.91. The summed E-state index contributed by atoms with van der Waals surface area (Å²) in [5.41, 5.74) is 1.96. The lowest BCUT2D eigenvalue weighted by Crippen LogP contribution is -2.37. The third-order valence-electron chi connectivity index (χ3n) is 2.47. The first-order chi connectivity index (χ1) is 6.32. The molecule has 76 valence electrons. The number of benzene rings is 1. The smallest absolute Gasteiger partial charge is 0.160 e. The molecule has 0 amide bonds. The van der Waals surface area contributed by atoms with Crippen molar-refractivity contribution in [1.82, 2.24) is 0 Å². The molecule has 0 heterocycles. The Morgan fingerprint density at radius 1 is 1.21 bits per heavy atom. The van der Waals surface area contributed by atoms with Crippen LogP contribution < -0.4 is 5.19 Å². The van der Waals surface area contributed by atoms with Crippen LogP contribution in [0.2, 0.25) is 19.6 Å². The van der Waals surface area contributed by atoms with Gasteiger partial charge in [-0.2, -0.15) is 0 Å². The molecule has 0 fully saturated rings. The standard InChI is InChI=1S/C12H18OSi/c1-9-8-11(14(3,4)5)6-7-12(9)10(2)13/h6-8H,1-5H3. The van der Waals surface area contributed by atoms with Crippen LogP contribution in [0.3, 0.4) is 0 Å². The van der Waals surface area contributed by atoms with Crippen LogP contribution in [0.5, 0.6) is 0 Å². The molecule has 0 atom stereocenters. The van der Waals surface area contributed by atoms with Crippen LogP contribution in [0.15, 0.2) is 18.2 Å². The first-order valence-corrected chi connectivity index (χ1v) is 8.44. The average Bonchev–Trinajstić information content (AvgIpc) is 2.01. The molecule has 1 aromatic rings. The second-order valence-electron chi connectivity index (χ2n) is 4.84. The molecule has 0 unspecified atom stereocenters. The normalized spacial score (nSPS) is 11.5. The molecule has 0 aliphatic carbocycles. The Labute approximate surface area is 87.2 Å². The minimum atomic E-state index is -1.23. The van der Waals surface area contributed by atoms with Crippen molar-refractivity contribution in [2.75, 3.05) is 0 Å². The second kappa shape index (κ2) is 3.69. The van der Waals surface area contributed by atoms with Gasteiger partial charge < -0.3 is 0 Å². The minimum absolute atomic E-state index is 0.157. The number of carbonyl (C=O) groups excluding carboxylic acids is 1. The van der Waals surface area contributed by atoms with Crippen molar-refractivity contribution in [2.45, 2.75) is 33.5 Å². The average molecular weight is 206 g/mol. The Balaban J connectivity index is 3.20. The van der Waals surface area contributed by atoms with Crippen molar-refractivity contribution >= 4 is 19.0 Å². The summed E-state index contributed by atoms with van der Waals surface area (Å²) < 4.78 is 0. The van der Waals surface area contributed by atoms with Crippen LogP contribution in [0.4, 0.5) is 0 Å². The molecular formula is C12H18OSi. The minimum Gasteiger partial charge on any atom is -0.295 e. The van der Waals surface area contributed by atoms with Gasteiger partial charge in [-0.15, -0.1) is 0 Å². The molecule has 14 heavy (non-hydrogen) atoms. The summed E-state index contributed by atoms with van der Waals surface area (Å²) in [6, 6.07) is 6.24. The molecule has 1 rings (SSSR count). The van der Waals surface area contributed by atoms with E-state index in [4.69, 9.17) is 0 Å². The molecule has 1 nitrogen and oxygen atoms in total. The number of rotatable bonds is 2. The maximum Gasteiger partial charge on any atom is 0.160 e. The van der Waals surface area contributed by atoms with Crippen molar-refractivity contribution in [2.24, 2.45) is 0 Å². The SMILES string of the molecule is CC(=O)c1ccc([Si](C)(C)C)cc1C. The highest BCUT2D eigenvalue weighted by atomic mass is 28.3. The van der Waals surface area contributed by atoms with Gasteiger partial charge in [0.1, 0.15) is 0 Å². The van der Waals surface area contributed by atoms with E-state index in [2.05, 4.69) is 31.8 Å². The van der Waals surface area contributed by atoms with Gasteiger partial charge in [-0.25, -0.2) is 0 Å². The maximum absolute atomic E-state index is 11.2. The fourth-order valence-electron chi connectivity index (χ4n) is 1.53. The summed E-state index contributed by atoms with van der Waals surface area (Å²) in [5.74, 6) is 0.157. The van der Waals surface area contributed by atoms with E-state index in [1.54, 1.807) is 6.92 Å². The zero-order chi connectivity index (χ0) is 10.9. The lowest BCUT2D eigenvalue weighted by Gasteiger charge is -2.17. The molecule has 0 N–H and O–H groups in total. The number of hydrogen-bond donors (Lipinski definition) is 0. The van der Waals surface area contributed by atoms with Gasteiger partial charge in [0.2, 0.25) is 0 Å². The fourth-order valence-corrected chi connectivity index (χ4v) is 2.76.